The Bertz CT molecular complexity index is 1900. The van der Waals surface area contributed by atoms with E-state index in [4.69, 9.17) is 5.73 Å². The first-order chi connectivity index (χ1) is 17.5. The molecule has 0 bridgehead atoms. The lowest BCUT2D eigenvalue weighted by Crippen LogP contribution is -2.19. The number of nitrogens with zero attached hydrogens (tertiary/aromatic N) is 2. The van der Waals surface area contributed by atoms with Crippen molar-refractivity contribution in [3.05, 3.63) is 106 Å². The number of amides is 1. The monoisotopic (exact) mass is 474 g/mol. The molecule has 7 heteroatoms. The molecule has 0 aliphatic carbocycles. The summed E-state index contributed by atoms with van der Waals surface area (Å²) >= 11 is 0. The second-order valence-corrected chi connectivity index (χ2v) is 8.82. The van der Waals surface area contributed by atoms with E-state index in [0.717, 1.165) is 44.2 Å². The Morgan fingerprint density at radius 2 is 1.83 bits per heavy atom. The van der Waals surface area contributed by atoms with Crippen molar-refractivity contribution in [3.63, 3.8) is 0 Å². The van der Waals surface area contributed by atoms with Gasteiger partial charge in [-0.25, -0.2) is 4.98 Å². The molecule has 6 rings (SSSR count). The van der Waals surface area contributed by atoms with Gasteiger partial charge in [-0.1, -0.05) is 42.5 Å². The maximum absolute atomic E-state index is 13.3. The van der Waals surface area contributed by atoms with Crippen LogP contribution in [0.1, 0.15) is 21.5 Å². The summed E-state index contributed by atoms with van der Waals surface area (Å²) in [4.78, 5) is 33.3. The van der Waals surface area contributed by atoms with Crippen molar-refractivity contribution < 1.29 is 9.90 Å². The van der Waals surface area contributed by atoms with Crippen LogP contribution >= 0.6 is 0 Å². The minimum absolute atomic E-state index is 0.0868. The maximum Gasteiger partial charge on any atom is 0.265 e. The number of fused-ring (bicyclic) bond motifs is 4. The van der Waals surface area contributed by atoms with Gasteiger partial charge in [0.15, 0.2) is 0 Å². The number of benzene rings is 4. The smallest absolute Gasteiger partial charge is 0.265 e. The first kappa shape index (κ1) is 21.8. The zero-order valence-corrected chi connectivity index (χ0v) is 19.4. The molecule has 176 valence electrons. The van der Waals surface area contributed by atoms with Gasteiger partial charge in [0.05, 0.1) is 34.3 Å². The average Bonchev–Trinajstić information content (AvgIpc) is 3.28. The molecule has 0 saturated heterocycles. The highest BCUT2D eigenvalue weighted by Crippen LogP contribution is 2.39. The highest BCUT2D eigenvalue weighted by molar-refractivity contribution is 6.20. The zero-order valence-electron chi connectivity index (χ0n) is 19.4. The number of aliphatic hydroxyl groups excluding tert-OH is 1. The Balaban J connectivity index is 1.64. The Morgan fingerprint density at radius 1 is 1.00 bits per heavy atom. The Labute approximate surface area is 205 Å². The highest BCUT2D eigenvalue weighted by Gasteiger charge is 2.19. The number of H-pyrrole nitrogens is 1. The van der Waals surface area contributed by atoms with E-state index < -0.39 is 5.91 Å². The SMILES string of the molecule is Cc1c(-c2ccc(C(N)=O)c3[nH]c4cc(CO)ccc4c23)cccc1-n1cnc2ccccc2c1=O. The average molecular weight is 475 g/mol. The minimum atomic E-state index is -0.528. The van der Waals surface area contributed by atoms with Crippen LogP contribution in [-0.4, -0.2) is 25.5 Å². The number of nitrogens with one attached hydrogen (secondary N) is 1. The second-order valence-electron chi connectivity index (χ2n) is 8.82. The van der Waals surface area contributed by atoms with Crippen LogP contribution in [0.15, 0.2) is 83.9 Å². The van der Waals surface area contributed by atoms with E-state index in [9.17, 15) is 14.7 Å². The van der Waals surface area contributed by atoms with Crippen LogP contribution in [0.4, 0.5) is 0 Å². The summed E-state index contributed by atoms with van der Waals surface area (Å²) in [5.74, 6) is -0.528. The molecule has 4 N–H and O–H groups in total. The van der Waals surface area contributed by atoms with Crippen molar-refractivity contribution >= 4 is 38.6 Å². The Kier molecular flexibility index (Phi) is 4.94. The zero-order chi connectivity index (χ0) is 25.0. The summed E-state index contributed by atoms with van der Waals surface area (Å²) < 4.78 is 1.57. The maximum atomic E-state index is 13.3. The predicted molar refractivity (Wildman–Crippen MR) is 141 cm³/mol. The lowest BCUT2D eigenvalue weighted by molar-refractivity contribution is 0.100. The standard InChI is InChI=1S/C29H22N4O3/c1-16-18(6-4-8-25(16)33-15-31-23-7-3-2-5-21(23)29(33)36)19-11-12-22(28(30)35)27-26(19)20-10-9-17(14-34)13-24(20)32-27/h2-13,15,32,34H,14H2,1H3,(H2,30,35). The molecule has 0 radical (unpaired) electrons. The summed E-state index contributed by atoms with van der Waals surface area (Å²) in [5, 5.41) is 11.9. The molecule has 0 unspecified atom stereocenters. The van der Waals surface area contributed by atoms with Crippen LogP contribution in [0.5, 0.6) is 0 Å². The fourth-order valence-corrected chi connectivity index (χ4v) is 5.00. The number of para-hydroxylation sites is 1. The molecular formula is C29H22N4O3. The number of primary amides is 1. The number of carbonyl (C=O) groups is 1. The van der Waals surface area contributed by atoms with Gasteiger partial charge in [0, 0.05) is 16.3 Å². The predicted octanol–water partition coefficient (Wildman–Crippen LogP) is 4.59. The molecule has 7 nitrogen and oxygen atoms in total. The van der Waals surface area contributed by atoms with Crippen LogP contribution in [0, 0.1) is 6.92 Å². The van der Waals surface area contributed by atoms with Crippen molar-refractivity contribution in [3.8, 4) is 16.8 Å². The lowest BCUT2D eigenvalue weighted by atomic mass is 9.93. The highest BCUT2D eigenvalue weighted by atomic mass is 16.3. The number of hydrogen-bond acceptors (Lipinski definition) is 4. The van der Waals surface area contributed by atoms with Gasteiger partial charge in [-0.15, -0.1) is 0 Å². The third-order valence-corrected chi connectivity index (χ3v) is 6.79. The van der Waals surface area contributed by atoms with Gasteiger partial charge in [0.25, 0.3) is 11.5 Å². The summed E-state index contributed by atoms with van der Waals surface area (Å²) in [6, 6.07) is 22.4. The number of nitrogens with two attached hydrogens (primary N) is 1. The molecule has 2 aromatic heterocycles. The fraction of sp³-hybridized carbons (Fsp3) is 0.0690. The molecule has 2 heterocycles. The van der Waals surface area contributed by atoms with Crippen molar-refractivity contribution in [1.82, 2.24) is 14.5 Å². The van der Waals surface area contributed by atoms with Gasteiger partial charge >= 0.3 is 0 Å². The number of hydrogen-bond donors (Lipinski definition) is 3. The molecule has 0 atom stereocenters. The first-order valence-corrected chi connectivity index (χ1v) is 11.5. The van der Waals surface area contributed by atoms with Crippen molar-refractivity contribution in [1.29, 1.82) is 0 Å². The molecule has 4 aromatic carbocycles. The van der Waals surface area contributed by atoms with E-state index in [0.29, 0.717) is 22.0 Å². The molecular weight excluding hydrogens is 452 g/mol. The molecule has 0 fully saturated rings. The number of aliphatic hydroxyl groups is 1. The van der Waals surface area contributed by atoms with Crippen molar-refractivity contribution in [2.24, 2.45) is 5.73 Å². The van der Waals surface area contributed by atoms with Crippen LogP contribution in [0.3, 0.4) is 0 Å². The fourth-order valence-electron chi connectivity index (χ4n) is 5.00. The third-order valence-electron chi connectivity index (χ3n) is 6.79. The molecule has 0 aliphatic rings. The molecule has 0 saturated carbocycles. The Hall–Kier alpha value is -4.75. The minimum Gasteiger partial charge on any atom is -0.392 e. The van der Waals surface area contributed by atoms with Crippen LogP contribution in [-0.2, 0) is 6.61 Å². The number of rotatable bonds is 4. The van der Waals surface area contributed by atoms with Crippen molar-refractivity contribution in [2.75, 3.05) is 0 Å². The summed E-state index contributed by atoms with van der Waals surface area (Å²) in [6.45, 7) is 1.88. The quantitative estimate of drug-likeness (QED) is 0.347. The van der Waals surface area contributed by atoms with E-state index >= 15 is 0 Å². The first-order valence-electron chi connectivity index (χ1n) is 11.5. The largest absolute Gasteiger partial charge is 0.392 e. The van der Waals surface area contributed by atoms with Gasteiger partial charge in [-0.2, -0.15) is 0 Å². The lowest BCUT2D eigenvalue weighted by Gasteiger charge is -2.15. The number of aromatic amines is 1. The van der Waals surface area contributed by atoms with E-state index in [-0.39, 0.29) is 12.2 Å². The van der Waals surface area contributed by atoms with Crippen molar-refractivity contribution in [2.45, 2.75) is 13.5 Å². The van der Waals surface area contributed by atoms with Gasteiger partial charge in [-0.3, -0.25) is 14.2 Å². The number of aromatic nitrogens is 3. The third kappa shape index (κ3) is 3.21. The van der Waals surface area contributed by atoms with Gasteiger partial charge in [0.1, 0.15) is 6.33 Å². The Morgan fingerprint density at radius 3 is 2.64 bits per heavy atom. The summed E-state index contributed by atoms with van der Waals surface area (Å²) in [5.41, 5.74) is 12.2. The van der Waals surface area contributed by atoms with E-state index in [2.05, 4.69) is 9.97 Å². The summed E-state index contributed by atoms with van der Waals surface area (Å²) in [6.07, 6.45) is 1.56. The second kappa shape index (κ2) is 8.18. The molecule has 0 aliphatic heterocycles. The summed E-state index contributed by atoms with van der Waals surface area (Å²) in [7, 11) is 0. The molecule has 6 aromatic rings. The van der Waals surface area contributed by atoms with Crippen LogP contribution in [0.25, 0.3) is 49.5 Å². The van der Waals surface area contributed by atoms with E-state index in [1.54, 1.807) is 23.0 Å². The van der Waals surface area contributed by atoms with Gasteiger partial charge in [-0.05, 0) is 59.5 Å². The van der Waals surface area contributed by atoms with E-state index in [1.807, 2.05) is 67.6 Å². The molecule has 36 heavy (non-hydrogen) atoms. The van der Waals surface area contributed by atoms with Gasteiger partial charge in [0.2, 0.25) is 0 Å². The normalized spacial score (nSPS) is 11.5. The van der Waals surface area contributed by atoms with E-state index in [1.165, 1.54) is 0 Å². The number of carbonyl (C=O) groups excluding carboxylic acids is 1. The van der Waals surface area contributed by atoms with Crippen LogP contribution < -0.4 is 11.3 Å². The topological polar surface area (TPSA) is 114 Å². The molecule has 0 spiro atoms. The molecule has 1 amide bonds. The van der Waals surface area contributed by atoms with Gasteiger partial charge < -0.3 is 15.8 Å². The van der Waals surface area contributed by atoms with Crippen LogP contribution in [0.2, 0.25) is 0 Å².